The van der Waals surface area contributed by atoms with Gasteiger partial charge in [-0.3, -0.25) is 0 Å². The second-order valence-electron chi connectivity index (χ2n) is 5.57. The number of esters is 1. The maximum Gasteiger partial charge on any atom is 0.343 e. The highest BCUT2D eigenvalue weighted by atomic mass is 16.5. The van der Waals surface area contributed by atoms with Crippen LogP contribution in [0.5, 0.6) is 5.75 Å². The number of carbonyl (C=O) groups is 1. The molecule has 0 N–H and O–H groups in total. The van der Waals surface area contributed by atoms with E-state index in [0.717, 1.165) is 16.9 Å². The van der Waals surface area contributed by atoms with E-state index in [1.807, 2.05) is 55.5 Å². The number of benzene rings is 2. The van der Waals surface area contributed by atoms with Gasteiger partial charge in [-0.25, -0.2) is 4.79 Å². The summed E-state index contributed by atoms with van der Waals surface area (Å²) in [5, 5.41) is 0. The molecule has 0 bridgehead atoms. The van der Waals surface area contributed by atoms with Crippen molar-refractivity contribution in [2.24, 2.45) is 0 Å². The molecule has 0 spiro atoms. The molecular formula is C20H18O3. The quantitative estimate of drug-likeness (QED) is 0.627. The molecule has 23 heavy (non-hydrogen) atoms. The van der Waals surface area contributed by atoms with Gasteiger partial charge in [0.25, 0.3) is 0 Å². The molecule has 1 aliphatic rings. The van der Waals surface area contributed by atoms with Crippen molar-refractivity contribution in [3.05, 3.63) is 76.4 Å². The summed E-state index contributed by atoms with van der Waals surface area (Å²) in [6.45, 7) is 4.10. The Morgan fingerprint density at radius 2 is 1.74 bits per heavy atom. The van der Waals surface area contributed by atoms with Crippen LogP contribution in [0.2, 0.25) is 0 Å². The molecule has 3 heteroatoms. The SMILES string of the molecule is COc1ccc(/C=C2\C=C(c3ccc(C)c(C)c3)OC2=O)cc1. The van der Waals surface area contributed by atoms with Crippen molar-refractivity contribution in [2.45, 2.75) is 13.8 Å². The Bertz CT molecular complexity index is 811. The van der Waals surface area contributed by atoms with Crippen molar-refractivity contribution >= 4 is 17.8 Å². The molecule has 0 aromatic heterocycles. The first-order valence-corrected chi connectivity index (χ1v) is 7.44. The van der Waals surface area contributed by atoms with E-state index in [2.05, 4.69) is 6.92 Å². The van der Waals surface area contributed by atoms with E-state index in [-0.39, 0.29) is 5.97 Å². The van der Waals surface area contributed by atoms with Crippen LogP contribution in [-0.4, -0.2) is 13.1 Å². The predicted molar refractivity (Wildman–Crippen MR) is 91.0 cm³/mol. The number of hydrogen-bond acceptors (Lipinski definition) is 3. The van der Waals surface area contributed by atoms with Gasteiger partial charge >= 0.3 is 5.97 Å². The molecule has 3 rings (SSSR count). The molecule has 2 aromatic rings. The molecule has 0 atom stereocenters. The number of rotatable bonds is 3. The summed E-state index contributed by atoms with van der Waals surface area (Å²) in [5.74, 6) is 1.06. The number of aryl methyl sites for hydroxylation is 2. The summed E-state index contributed by atoms with van der Waals surface area (Å²) in [6, 6.07) is 13.6. The van der Waals surface area contributed by atoms with Gasteiger partial charge in [0.1, 0.15) is 11.5 Å². The molecule has 0 saturated heterocycles. The van der Waals surface area contributed by atoms with Crippen molar-refractivity contribution in [3.8, 4) is 5.75 Å². The normalized spacial score (nSPS) is 15.5. The lowest BCUT2D eigenvalue weighted by atomic mass is 10.0. The summed E-state index contributed by atoms with van der Waals surface area (Å²) in [4.78, 5) is 12.1. The van der Waals surface area contributed by atoms with Crippen LogP contribution in [0.15, 0.2) is 54.1 Å². The summed E-state index contributed by atoms with van der Waals surface area (Å²) in [5.41, 5.74) is 4.78. The van der Waals surface area contributed by atoms with Crippen LogP contribution in [0.1, 0.15) is 22.3 Å². The fourth-order valence-electron chi connectivity index (χ4n) is 2.41. The number of hydrogen-bond donors (Lipinski definition) is 0. The molecule has 0 fully saturated rings. The maximum absolute atomic E-state index is 12.1. The first kappa shape index (κ1) is 15.1. The van der Waals surface area contributed by atoms with Crippen LogP contribution in [0, 0.1) is 13.8 Å². The van der Waals surface area contributed by atoms with Gasteiger partial charge in [0.05, 0.1) is 12.7 Å². The second kappa shape index (κ2) is 6.13. The fraction of sp³-hybridized carbons (Fsp3) is 0.150. The van der Waals surface area contributed by atoms with Gasteiger partial charge in [0, 0.05) is 5.56 Å². The topological polar surface area (TPSA) is 35.5 Å². The Balaban J connectivity index is 1.90. The zero-order chi connectivity index (χ0) is 16.4. The molecule has 116 valence electrons. The fourth-order valence-corrected chi connectivity index (χ4v) is 2.41. The molecule has 2 aromatic carbocycles. The van der Waals surface area contributed by atoms with E-state index in [1.165, 1.54) is 11.1 Å². The van der Waals surface area contributed by atoms with Crippen molar-refractivity contribution in [1.82, 2.24) is 0 Å². The van der Waals surface area contributed by atoms with E-state index in [0.29, 0.717) is 11.3 Å². The molecule has 3 nitrogen and oxygen atoms in total. The van der Waals surface area contributed by atoms with Gasteiger partial charge < -0.3 is 9.47 Å². The molecule has 1 heterocycles. The van der Waals surface area contributed by atoms with E-state index in [4.69, 9.17) is 9.47 Å². The van der Waals surface area contributed by atoms with Gasteiger partial charge in [0.15, 0.2) is 0 Å². The minimum Gasteiger partial charge on any atom is -0.497 e. The van der Waals surface area contributed by atoms with E-state index < -0.39 is 0 Å². The Morgan fingerprint density at radius 1 is 1.00 bits per heavy atom. The number of ether oxygens (including phenoxy) is 2. The Kier molecular flexibility index (Phi) is 4.02. The largest absolute Gasteiger partial charge is 0.497 e. The van der Waals surface area contributed by atoms with Gasteiger partial charge in [0.2, 0.25) is 0 Å². The zero-order valence-electron chi connectivity index (χ0n) is 13.4. The summed E-state index contributed by atoms with van der Waals surface area (Å²) >= 11 is 0. The third-order valence-electron chi connectivity index (χ3n) is 3.95. The second-order valence-corrected chi connectivity index (χ2v) is 5.57. The highest BCUT2D eigenvalue weighted by Crippen LogP contribution is 2.28. The molecule has 0 amide bonds. The highest BCUT2D eigenvalue weighted by molar-refractivity contribution is 6.05. The lowest BCUT2D eigenvalue weighted by Crippen LogP contribution is -1.97. The predicted octanol–water partition coefficient (Wildman–Crippen LogP) is 4.29. The Hall–Kier alpha value is -2.81. The van der Waals surface area contributed by atoms with Gasteiger partial charge in [-0.05, 0) is 60.9 Å². The van der Waals surface area contributed by atoms with Crippen LogP contribution >= 0.6 is 0 Å². The number of carbonyl (C=O) groups excluding carboxylic acids is 1. The van der Waals surface area contributed by atoms with Crippen molar-refractivity contribution < 1.29 is 14.3 Å². The van der Waals surface area contributed by atoms with Gasteiger partial charge in [-0.15, -0.1) is 0 Å². The molecule has 0 unspecified atom stereocenters. The average Bonchev–Trinajstić information content (AvgIpc) is 2.92. The molecule has 0 radical (unpaired) electrons. The first-order valence-electron chi connectivity index (χ1n) is 7.44. The summed E-state index contributed by atoms with van der Waals surface area (Å²) in [6.07, 6.45) is 3.60. The number of cyclic esters (lactones) is 1. The van der Waals surface area contributed by atoms with Gasteiger partial charge in [-0.1, -0.05) is 24.3 Å². The van der Waals surface area contributed by atoms with Crippen LogP contribution in [0.4, 0.5) is 0 Å². The minimum absolute atomic E-state index is 0.325. The number of methoxy groups -OCH3 is 1. The van der Waals surface area contributed by atoms with Crippen LogP contribution < -0.4 is 4.74 Å². The Labute approximate surface area is 135 Å². The van der Waals surface area contributed by atoms with Crippen LogP contribution in [0.3, 0.4) is 0 Å². The van der Waals surface area contributed by atoms with Gasteiger partial charge in [-0.2, -0.15) is 0 Å². The maximum atomic E-state index is 12.1. The van der Waals surface area contributed by atoms with E-state index >= 15 is 0 Å². The molecule has 0 aliphatic carbocycles. The van der Waals surface area contributed by atoms with E-state index in [9.17, 15) is 4.79 Å². The average molecular weight is 306 g/mol. The molecule has 1 aliphatic heterocycles. The van der Waals surface area contributed by atoms with Crippen LogP contribution in [0.25, 0.3) is 11.8 Å². The summed E-state index contributed by atoms with van der Waals surface area (Å²) < 4.78 is 10.5. The standard InChI is InChI=1S/C20H18O3/c1-13-4-7-16(10-14(13)2)19-12-17(20(21)23-19)11-15-5-8-18(22-3)9-6-15/h4-12H,1-3H3/b17-11+. The monoisotopic (exact) mass is 306 g/mol. The zero-order valence-corrected chi connectivity index (χ0v) is 13.4. The molecule has 0 saturated carbocycles. The van der Waals surface area contributed by atoms with Crippen LogP contribution in [-0.2, 0) is 9.53 Å². The highest BCUT2D eigenvalue weighted by Gasteiger charge is 2.22. The summed E-state index contributed by atoms with van der Waals surface area (Å²) in [7, 11) is 1.63. The third kappa shape index (κ3) is 3.19. The van der Waals surface area contributed by atoms with Crippen molar-refractivity contribution in [2.75, 3.05) is 7.11 Å². The van der Waals surface area contributed by atoms with Crippen molar-refractivity contribution in [3.63, 3.8) is 0 Å². The smallest absolute Gasteiger partial charge is 0.343 e. The molecular weight excluding hydrogens is 288 g/mol. The minimum atomic E-state index is -0.325. The first-order chi connectivity index (χ1) is 11.1. The van der Waals surface area contributed by atoms with Crippen molar-refractivity contribution in [1.29, 1.82) is 0 Å². The third-order valence-corrected chi connectivity index (χ3v) is 3.95. The lowest BCUT2D eigenvalue weighted by Gasteiger charge is -2.05. The lowest BCUT2D eigenvalue weighted by molar-refractivity contribution is -0.130. The Morgan fingerprint density at radius 3 is 2.39 bits per heavy atom. The van der Waals surface area contributed by atoms with E-state index in [1.54, 1.807) is 13.2 Å².